The number of anilines is 2. The Morgan fingerprint density at radius 2 is 2.02 bits per heavy atom. The van der Waals surface area contributed by atoms with E-state index >= 15 is 0 Å². The molecule has 1 aliphatic rings. The van der Waals surface area contributed by atoms with Gasteiger partial charge in [-0.05, 0) is 59.3 Å². The quantitative estimate of drug-likeness (QED) is 0.218. The molecule has 3 amide bonds. The Morgan fingerprint density at radius 3 is 2.83 bits per heavy atom. The van der Waals surface area contributed by atoms with Crippen LogP contribution in [0.5, 0.6) is 0 Å². The highest BCUT2D eigenvalue weighted by atomic mass is 35.5. The Bertz CT molecular complexity index is 1620. The summed E-state index contributed by atoms with van der Waals surface area (Å²) in [5, 5.41) is 23.4. The standard InChI is InChI=1S/C27H27ClN10O4/c1-42-27(41)33-18-5-6-19-20(12-18)29-9-2-10-30-25(40)13-21(26-31-14-22(19)35-26)34-24(39)8-3-16-11-17(28)4-7-23(16)38-15-32-36-37-38/h3-8,11-12,14-15,21,29H,2,9-10,13H2,1H3,(H,30,40)(H,31,35)(H,33,41)(H,34,39). The zero-order valence-corrected chi connectivity index (χ0v) is 23.2. The number of nitrogens with zero attached hydrogens (tertiary/aromatic N) is 5. The van der Waals surface area contributed by atoms with Crippen LogP contribution in [0, 0.1) is 0 Å². The van der Waals surface area contributed by atoms with E-state index in [1.807, 2.05) is 6.07 Å². The van der Waals surface area contributed by atoms with Crippen molar-refractivity contribution in [3.05, 3.63) is 71.4 Å². The summed E-state index contributed by atoms with van der Waals surface area (Å²) in [6, 6.07) is 9.73. The van der Waals surface area contributed by atoms with E-state index in [0.29, 0.717) is 53.0 Å². The van der Waals surface area contributed by atoms with Gasteiger partial charge >= 0.3 is 6.09 Å². The third kappa shape index (κ3) is 6.90. The molecule has 0 aliphatic carbocycles. The molecule has 42 heavy (non-hydrogen) atoms. The highest BCUT2D eigenvalue weighted by Gasteiger charge is 2.22. The van der Waals surface area contributed by atoms with Crippen molar-refractivity contribution in [2.75, 3.05) is 30.8 Å². The van der Waals surface area contributed by atoms with Crippen LogP contribution in [-0.4, -0.2) is 68.3 Å². The molecule has 3 heterocycles. The number of amides is 3. The second-order valence-electron chi connectivity index (χ2n) is 9.25. The maximum atomic E-state index is 13.1. The largest absolute Gasteiger partial charge is 0.453 e. The van der Waals surface area contributed by atoms with Gasteiger partial charge in [0, 0.05) is 46.7 Å². The maximum absolute atomic E-state index is 13.1. The van der Waals surface area contributed by atoms with Gasteiger partial charge in [-0.1, -0.05) is 11.6 Å². The molecule has 4 aromatic rings. The van der Waals surface area contributed by atoms with Crippen molar-refractivity contribution in [1.29, 1.82) is 0 Å². The Morgan fingerprint density at radius 1 is 1.17 bits per heavy atom. The van der Waals surface area contributed by atoms with Crippen molar-refractivity contribution in [2.45, 2.75) is 18.9 Å². The lowest BCUT2D eigenvalue weighted by Crippen LogP contribution is -2.34. The van der Waals surface area contributed by atoms with Crippen molar-refractivity contribution >= 4 is 47.0 Å². The number of nitrogens with one attached hydrogen (secondary N) is 5. The van der Waals surface area contributed by atoms with E-state index in [4.69, 9.17) is 11.6 Å². The van der Waals surface area contributed by atoms with Crippen LogP contribution in [0.25, 0.3) is 23.0 Å². The number of H-pyrrole nitrogens is 1. The van der Waals surface area contributed by atoms with Crippen molar-refractivity contribution < 1.29 is 19.1 Å². The van der Waals surface area contributed by atoms with Crippen LogP contribution in [0.2, 0.25) is 5.02 Å². The summed E-state index contributed by atoms with van der Waals surface area (Å²) in [5.41, 5.74) is 3.99. The first kappa shape index (κ1) is 28.3. The molecule has 2 aromatic carbocycles. The van der Waals surface area contributed by atoms with E-state index in [9.17, 15) is 14.4 Å². The van der Waals surface area contributed by atoms with Gasteiger partial charge < -0.3 is 25.7 Å². The van der Waals surface area contributed by atoms with Gasteiger partial charge in [-0.15, -0.1) is 5.10 Å². The average molecular weight is 591 g/mol. The molecular formula is C27H27ClN10O4. The first-order valence-electron chi connectivity index (χ1n) is 13.0. The van der Waals surface area contributed by atoms with E-state index < -0.39 is 18.0 Å². The number of aromatic nitrogens is 6. The Kier molecular flexibility index (Phi) is 8.72. The molecule has 14 nitrogen and oxygen atoms in total. The van der Waals surface area contributed by atoms with Crippen molar-refractivity contribution in [1.82, 2.24) is 40.8 Å². The van der Waals surface area contributed by atoms with Crippen LogP contribution in [0.1, 0.15) is 30.3 Å². The number of carbonyl (C=O) groups is 3. The smallest absolute Gasteiger partial charge is 0.411 e. The molecule has 2 aromatic heterocycles. The number of halogens is 1. The minimum absolute atomic E-state index is 0.0259. The third-order valence-corrected chi connectivity index (χ3v) is 6.60. The summed E-state index contributed by atoms with van der Waals surface area (Å²) < 4.78 is 6.15. The summed E-state index contributed by atoms with van der Waals surface area (Å²) in [6.07, 6.45) is 6.04. The number of imidazole rings is 1. The molecule has 0 saturated heterocycles. The van der Waals surface area contributed by atoms with Crippen LogP contribution < -0.4 is 21.3 Å². The zero-order chi connectivity index (χ0) is 29.5. The number of methoxy groups -OCH3 is 1. The molecule has 5 rings (SSSR count). The van der Waals surface area contributed by atoms with Crippen LogP contribution in [0.3, 0.4) is 0 Å². The van der Waals surface area contributed by atoms with Crippen molar-refractivity contribution in [3.63, 3.8) is 0 Å². The Hall–Kier alpha value is -5.24. The topological polar surface area (TPSA) is 181 Å². The molecule has 1 aliphatic heterocycles. The molecule has 216 valence electrons. The van der Waals surface area contributed by atoms with Crippen LogP contribution >= 0.6 is 11.6 Å². The molecule has 0 radical (unpaired) electrons. The van der Waals surface area contributed by atoms with E-state index in [-0.39, 0.29) is 12.3 Å². The summed E-state index contributed by atoms with van der Waals surface area (Å²) in [6.45, 7) is 0.996. The fraction of sp³-hybridized carbons (Fsp3) is 0.222. The fourth-order valence-corrected chi connectivity index (χ4v) is 4.54. The molecule has 0 spiro atoms. The molecular weight excluding hydrogens is 564 g/mol. The molecule has 0 saturated carbocycles. The third-order valence-electron chi connectivity index (χ3n) is 6.36. The van der Waals surface area contributed by atoms with Gasteiger partial charge in [0.25, 0.3) is 0 Å². The number of rotatable bonds is 5. The fourth-order valence-electron chi connectivity index (χ4n) is 4.36. The summed E-state index contributed by atoms with van der Waals surface area (Å²) in [7, 11) is 1.29. The summed E-state index contributed by atoms with van der Waals surface area (Å²) in [4.78, 5) is 45.2. The van der Waals surface area contributed by atoms with Gasteiger partial charge in [0.05, 0.1) is 37.2 Å². The minimum Gasteiger partial charge on any atom is -0.453 e. The predicted molar refractivity (Wildman–Crippen MR) is 155 cm³/mol. The number of ether oxygens (including phenoxy) is 1. The normalized spacial score (nSPS) is 15.3. The van der Waals surface area contributed by atoms with Gasteiger partial charge in [-0.3, -0.25) is 14.9 Å². The number of hydrogen-bond acceptors (Lipinski definition) is 9. The highest BCUT2D eigenvalue weighted by molar-refractivity contribution is 6.30. The lowest BCUT2D eigenvalue weighted by Gasteiger charge is -2.16. The monoisotopic (exact) mass is 590 g/mol. The molecule has 0 fully saturated rings. The zero-order valence-electron chi connectivity index (χ0n) is 22.4. The van der Waals surface area contributed by atoms with E-state index in [1.54, 1.807) is 42.6 Å². The second-order valence-corrected chi connectivity index (χ2v) is 9.68. The van der Waals surface area contributed by atoms with Gasteiger partial charge in [0.15, 0.2) is 0 Å². The highest BCUT2D eigenvalue weighted by Crippen LogP contribution is 2.31. The van der Waals surface area contributed by atoms with Crippen LogP contribution in [-0.2, 0) is 14.3 Å². The van der Waals surface area contributed by atoms with Crippen molar-refractivity contribution in [3.8, 4) is 16.9 Å². The molecule has 15 heteroatoms. The van der Waals surface area contributed by atoms with Gasteiger partial charge in [0.2, 0.25) is 11.8 Å². The predicted octanol–water partition coefficient (Wildman–Crippen LogP) is 3.08. The molecule has 2 bridgehead atoms. The first-order chi connectivity index (χ1) is 20.4. The maximum Gasteiger partial charge on any atom is 0.411 e. The SMILES string of the molecule is COC(=O)Nc1ccc2c(c1)NCCCNC(=O)CC(NC(=O)C=Cc1cc(Cl)ccc1-n1cnnn1)c1ncc-2[nH]1. The molecule has 5 N–H and O–H groups in total. The Balaban J connectivity index is 1.40. The van der Waals surface area contributed by atoms with E-state index in [0.717, 1.165) is 11.3 Å². The van der Waals surface area contributed by atoms with Gasteiger partial charge in [0.1, 0.15) is 12.2 Å². The second kappa shape index (κ2) is 13.0. The molecule has 1 atom stereocenters. The number of fused-ring (bicyclic) bond motifs is 4. The van der Waals surface area contributed by atoms with Crippen molar-refractivity contribution in [2.24, 2.45) is 0 Å². The van der Waals surface area contributed by atoms with Gasteiger partial charge in [-0.25, -0.2) is 9.78 Å². The lowest BCUT2D eigenvalue weighted by atomic mass is 10.1. The van der Waals surface area contributed by atoms with E-state index in [2.05, 4.69) is 51.5 Å². The number of tetrazole rings is 1. The number of hydrogen-bond donors (Lipinski definition) is 5. The summed E-state index contributed by atoms with van der Waals surface area (Å²) >= 11 is 6.18. The average Bonchev–Trinajstić information content (AvgIpc) is 3.69. The summed E-state index contributed by atoms with van der Waals surface area (Å²) in [5.74, 6) is -0.279. The lowest BCUT2D eigenvalue weighted by molar-refractivity contribution is -0.122. The van der Waals surface area contributed by atoms with Gasteiger partial charge in [-0.2, -0.15) is 4.68 Å². The van der Waals surface area contributed by atoms with Crippen LogP contribution in [0.4, 0.5) is 16.2 Å². The number of aromatic amines is 1. The van der Waals surface area contributed by atoms with E-state index in [1.165, 1.54) is 24.2 Å². The van der Waals surface area contributed by atoms with Crippen LogP contribution in [0.15, 0.2) is 55.0 Å². The Labute approximate surface area is 244 Å². The number of carbonyl (C=O) groups excluding carboxylic acids is 3. The molecule has 1 unspecified atom stereocenters. The number of benzene rings is 2. The minimum atomic E-state index is -0.744. The first-order valence-corrected chi connectivity index (χ1v) is 13.3.